The number of nitrogens with one attached hydrogen (secondary N) is 2. The summed E-state index contributed by atoms with van der Waals surface area (Å²) < 4.78 is 1.70. The summed E-state index contributed by atoms with van der Waals surface area (Å²) in [5.41, 5.74) is 2.20. The Morgan fingerprint density at radius 3 is 2.87 bits per heavy atom. The molecule has 0 aliphatic heterocycles. The van der Waals surface area contributed by atoms with E-state index in [9.17, 15) is 4.79 Å². The van der Waals surface area contributed by atoms with Gasteiger partial charge < -0.3 is 10.6 Å². The molecule has 2 aliphatic rings. The van der Waals surface area contributed by atoms with Crippen molar-refractivity contribution in [1.29, 1.82) is 0 Å². The molecule has 0 spiro atoms. The fourth-order valence-corrected chi connectivity index (χ4v) is 4.06. The van der Waals surface area contributed by atoms with E-state index < -0.39 is 0 Å². The summed E-state index contributed by atoms with van der Waals surface area (Å²) in [6.45, 7) is 1.92. The quantitative estimate of drug-likeness (QED) is 0.886. The molecule has 4 rings (SSSR count). The van der Waals surface area contributed by atoms with Crippen LogP contribution in [-0.2, 0) is 7.05 Å². The van der Waals surface area contributed by atoms with Crippen LogP contribution < -0.4 is 10.6 Å². The maximum absolute atomic E-state index is 12.4. The van der Waals surface area contributed by atoms with Crippen LogP contribution in [0.4, 0.5) is 5.82 Å². The van der Waals surface area contributed by atoms with Gasteiger partial charge in [0.1, 0.15) is 5.82 Å². The summed E-state index contributed by atoms with van der Waals surface area (Å²) in [7, 11) is 1.84. The van der Waals surface area contributed by atoms with Crippen LogP contribution in [0.5, 0.6) is 0 Å². The molecule has 2 heterocycles. The third-order valence-electron chi connectivity index (χ3n) is 4.86. The molecule has 2 aromatic heterocycles. The Morgan fingerprint density at radius 2 is 2.22 bits per heavy atom. The number of nitrogens with zero attached hydrogens (tertiary/aromatic N) is 2. The van der Waals surface area contributed by atoms with Crippen LogP contribution >= 0.6 is 11.3 Å². The summed E-state index contributed by atoms with van der Waals surface area (Å²) in [4.78, 5) is 13.2. The number of carbonyl (C=O) groups excluding carboxylic acids is 1. The molecular weight excluding hydrogens is 308 g/mol. The predicted octanol–water partition coefficient (Wildman–Crippen LogP) is 3.04. The van der Waals surface area contributed by atoms with Crippen LogP contribution in [0.15, 0.2) is 17.5 Å². The first-order valence-electron chi connectivity index (χ1n) is 8.26. The Morgan fingerprint density at radius 1 is 1.39 bits per heavy atom. The van der Waals surface area contributed by atoms with E-state index in [1.807, 2.05) is 20.0 Å². The molecular formula is C17H22N4OS. The van der Waals surface area contributed by atoms with Crippen LogP contribution in [-0.4, -0.2) is 27.8 Å². The van der Waals surface area contributed by atoms with Crippen LogP contribution in [0.25, 0.3) is 0 Å². The second-order valence-corrected chi connectivity index (χ2v) is 7.65. The first-order valence-corrected chi connectivity index (χ1v) is 9.14. The van der Waals surface area contributed by atoms with Gasteiger partial charge in [-0.1, -0.05) is 6.42 Å². The van der Waals surface area contributed by atoms with Crippen molar-refractivity contribution in [1.82, 2.24) is 15.1 Å². The average molecular weight is 330 g/mol. The monoisotopic (exact) mass is 330 g/mol. The van der Waals surface area contributed by atoms with Crippen LogP contribution in [0, 0.1) is 6.92 Å². The summed E-state index contributed by atoms with van der Waals surface area (Å²) in [5, 5.41) is 13.0. The largest absolute Gasteiger partial charge is 0.311 e. The topological polar surface area (TPSA) is 59.0 Å². The number of aryl methyl sites for hydroxylation is 2. The SMILES string of the molecule is Cc1cc(NC(=O)c2cc(C3CC3NC3CCC3)cs2)n(C)n1. The molecule has 2 aromatic rings. The first-order chi connectivity index (χ1) is 11.1. The number of amides is 1. The van der Waals surface area contributed by atoms with Crippen LogP contribution in [0.2, 0.25) is 0 Å². The Labute approximate surface area is 140 Å². The van der Waals surface area contributed by atoms with Crippen molar-refractivity contribution in [3.63, 3.8) is 0 Å². The number of hydrogen-bond donors (Lipinski definition) is 2. The third-order valence-corrected chi connectivity index (χ3v) is 5.81. The summed E-state index contributed by atoms with van der Waals surface area (Å²) in [5.74, 6) is 1.28. The van der Waals surface area contributed by atoms with E-state index in [1.165, 1.54) is 42.6 Å². The van der Waals surface area contributed by atoms with E-state index in [-0.39, 0.29) is 5.91 Å². The number of aromatic nitrogens is 2. The molecule has 2 saturated carbocycles. The van der Waals surface area contributed by atoms with Gasteiger partial charge in [0.2, 0.25) is 0 Å². The van der Waals surface area contributed by atoms with E-state index in [2.05, 4.69) is 27.2 Å². The maximum Gasteiger partial charge on any atom is 0.266 e. The minimum atomic E-state index is -0.0478. The average Bonchev–Trinajstić information content (AvgIpc) is 2.91. The Hall–Kier alpha value is -1.66. The lowest BCUT2D eigenvalue weighted by atomic mass is 9.93. The highest BCUT2D eigenvalue weighted by molar-refractivity contribution is 7.12. The van der Waals surface area contributed by atoms with E-state index in [1.54, 1.807) is 4.68 Å². The van der Waals surface area contributed by atoms with Crippen molar-refractivity contribution < 1.29 is 4.79 Å². The summed E-state index contributed by atoms with van der Waals surface area (Å²) >= 11 is 1.53. The molecule has 23 heavy (non-hydrogen) atoms. The molecule has 0 bridgehead atoms. The van der Waals surface area contributed by atoms with E-state index in [0.29, 0.717) is 12.0 Å². The zero-order chi connectivity index (χ0) is 16.0. The Kier molecular flexibility index (Phi) is 3.73. The summed E-state index contributed by atoms with van der Waals surface area (Å²) in [6, 6.07) is 5.28. The number of anilines is 1. The Balaban J connectivity index is 1.38. The van der Waals surface area contributed by atoms with Crippen molar-refractivity contribution in [3.8, 4) is 0 Å². The van der Waals surface area contributed by atoms with Crippen molar-refractivity contribution >= 4 is 23.1 Å². The number of hydrogen-bond acceptors (Lipinski definition) is 4. The van der Waals surface area contributed by atoms with Crippen molar-refractivity contribution in [3.05, 3.63) is 33.6 Å². The molecule has 0 saturated heterocycles. The molecule has 2 fully saturated rings. The van der Waals surface area contributed by atoms with Crippen LogP contribution in [0.1, 0.15) is 52.5 Å². The highest BCUT2D eigenvalue weighted by Gasteiger charge is 2.40. The van der Waals surface area contributed by atoms with Gasteiger partial charge in [0.15, 0.2) is 0 Å². The zero-order valence-electron chi connectivity index (χ0n) is 13.5. The molecule has 2 atom stereocenters. The number of thiophene rings is 1. The second kappa shape index (κ2) is 5.76. The molecule has 2 unspecified atom stereocenters. The number of rotatable bonds is 5. The van der Waals surface area contributed by atoms with Gasteiger partial charge in [-0.2, -0.15) is 5.10 Å². The molecule has 0 aromatic carbocycles. The van der Waals surface area contributed by atoms with E-state index in [0.717, 1.165) is 22.4 Å². The second-order valence-electron chi connectivity index (χ2n) is 6.74. The molecule has 1 amide bonds. The van der Waals surface area contributed by atoms with E-state index in [4.69, 9.17) is 0 Å². The van der Waals surface area contributed by atoms with Crippen molar-refractivity contribution in [2.24, 2.45) is 7.05 Å². The first kappa shape index (κ1) is 14.9. The van der Waals surface area contributed by atoms with E-state index >= 15 is 0 Å². The van der Waals surface area contributed by atoms with Gasteiger partial charge in [-0.15, -0.1) is 11.3 Å². The normalized spacial score (nSPS) is 23.6. The summed E-state index contributed by atoms with van der Waals surface area (Å²) in [6.07, 6.45) is 5.22. The molecule has 0 radical (unpaired) electrons. The predicted molar refractivity (Wildman–Crippen MR) is 92.1 cm³/mol. The van der Waals surface area contributed by atoms with Crippen molar-refractivity contribution in [2.75, 3.05) is 5.32 Å². The lowest BCUT2D eigenvalue weighted by molar-refractivity contribution is 0.102. The van der Waals surface area contributed by atoms with Gasteiger partial charge in [-0.05, 0) is 43.2 Å². The number of carbonyl (C=O) groups is 1. The van der Waals surface area contributed by atoms with Gasteiger partial charge >= 0.3 is 0 Å². The van der Waals surface area contributed by atoms with Gasteiger partial charge in [0, 0.05) is 31.1 Å². The zero-order valence-corrected chi connectivity index (χ0v) is 14.3. The van der Waals surface area contributed by atoms with Crippen molar-refractivity contribution in [2.45, 2.75) is 50.6 Å². The molecule has 2 N–H and O–H groups in total. The fourth-order valence-electron chi connectivity index (χ4n) is 3.20. The highest BCUT2D eigenvalue weighted by Crippen LogP contribution is 2.43. The molecule has 5 nitrogen and oxygen atoms in total. The Bertz CT molecular complexity index is 731. The minimum absolute atomic E-state index is 0.0478. The van der Waals surface area contributed by atoms with Gasteiger partial charge in [-0.25, -0.2) is 0 Å². The lowest BCUT2D eigenvalue weighted by Gasteiger charge is -2.26. The van der Waals surface area contributed by atoms with Gasteiger partial charge in [-0.3, -0.25) is 9.48 Å². The third kappa shape index (κ3) is 3.05. The lowest BCUT2D eigenvalue weighted by Crippen LogP contribution is -2.37. The fraction of sp³-hybridized carbons (Fsp3) is 0.529. The minimum Gasteiger partial charge on any atom is -0.311 e. The van der Waals surface area contributed by atoms with Crippen LogP contribution in [0.3, 0.4) is 0 Å². The van der Waals surface area contributed by atoms with Gasteiger partial charge in [0.05, 0.1) is 10.6 Å². The molecule has 2 aliphatic carbocycles. The maximum atomic E-state index is 12.4. The molecule has 6 heteroatoms. The standard InChI is InChI=1S/C17H22N4OS/c1-10-6-16(21(2)20-10)19-17(22)15-7-11(9-23-15)13-8-14(13)18-12-4-3-5-12/h6-7,9,12-14,18H,3-5,8H2,1-2H3,(H,19,22). The highest BCUT2D eigenvalue weighted by atomic mass is 32.1. The molecule has 122 valence electrons. The van der Waals surface area contributed by atoms with Gasteiger partial charge in [0.25, 0.3) is 5.91 Å². The smallest absolute Gasteiger partial charge is 0.266 e.